The van der Waals surface area contributed by atoms with Crippen LogP contribution in [0.5, 0.6) is 5.75 Å². The second-order valence-electron chi connectivity index (χ2n) is 4.10. The Morgan fingerprint density at radius 1 is 1.30 bits per heavy atom. The van der Waals surface area contributed by atoms with Crippen LogP contribution in [-0.2, 0) is 6.54 Å². The summed E-state index contributed by atoms with van der Waals surface area (Å²) < 4.78 is 6.08. The SMILES string of the molecule is COc1ccc(CNc2ccccc2I)cc1[N+](=O)[O-]. The zero-order chi connectivity index (χ0) is 14.5. The van der Waals surface area contributed by atoms with Gasteiger partial charge in [-0.2, -0.15) is 0 Å². The molecule has 2 aromatic carbocycles. The number of hydrogen-bond donors (Lipinski definition) is 1. The van der Waals surface area contributed by atoms with Gasteiger partial charge in [-0.05, 0) is 46.4 Å². The average molecular weight is 384 g/mol. The van der Waals surface area contributed by atoms with Gasteiger partial charge in [0.25, 0.3) is 0 Å². The fourth-order valence-electron chi connectivity index (χ4n) is 1.79. The van der Waals surface area contributed by atoms with Crippen LogP contribution in [0.15, 0.2) is 42.5 Å². The number of para-hydroxylation sites is 1. The summed E-state index contributed by atoms with van der Waals surface area (Å²) in [7, 11) is 1.42. The number of nitro benzene ring substituents is 1. The van der Waals surface area contributed by atoms with Gasteiger partial charge in [-0.25, -0.2) is 0 Å². The van der Waals surface area contributed by atoms with Crippen LogP contribution in [0.3, 0.4) is 0 Å². The van der Waals surface area contributed by atoms with Crippen molar-refractivity contribution in [1.29, 1.82) is 0 Å². The Morgan fingerprint density at radius 3 is 2.70 bits per heavy atom. The molecule has 0 aliphatic heterocycles. The van der Waals surface area contributed by atoms with Crippen LogP contribution in [-0.4, -0.2) is 12.0 Å². The molecule has 0 aliphatic rings. The molecule has 104 valence electrons. The third-order valence-corrected chi connectivity index (χ3v) is 3.74. The number of rotatable bonds is 5. The van der Waals surface area contributed by atoms with Crippen molar-refractivity contribution in [3.8, 4) is 5.75 Å². The predicted octanol–water partition coefficient (Wildman–Crippen LogP) is 3.82. The lowest BCUT2D eigenvalue weighted by Crippen LogP contribution is -2.02. The van der Waals surface area contributed by atoms with Crippen molar-refractivity contribution in [2.24, 2.45) is 0 Å². The van der Waals surface area contributed by atoms with Gasteiger partial charge in [0, 0.05) is 21.9 Å². The fourth-order valence-corrected chi connectivity index (χ4v) is 2.37. The van der Waals surface area contributed by atoms with Gasteiger partial charge in [0.15, 0.2) is 5.75 Å². The molecule has 1 N–H and O–H groups in total. The van der Waals surface area contributed by atoms with E-state index in [1.807, 2.05) is 30.3 Å². The number of benzene rings is 2. The lowest BCUT2D eigenvalue weighted by molar-refractivity contribution is -0.385. The first kappa shape index (κ1) is 14.6. The summed E-state index contributed by atoms with van der Waals surface area (Å²) in [4.78, 5) is 10.5. The highest BCUT2D eigenvalue weighted by molar-refractivity contribution is 14.1. The van der Waals surface area contributed by atoms with Crippen molar-refractivity contribution < 1.29 is 9.66 Å². The Kier molecular flexibility index (Phi) is 4.78. The second-order valence-corrected chi connectivity index (χ2v) is 5.26. The van der Waals surface area contributed by atoms with Gasteiger partial charge in [0.05, 0.1) is 12.0 Å². The molecule has 0 unspecified atom stereocenters. The minimum absolute atomic E-state index is 0.0189. The van der Waals surface area contributed by atoms with Gasteiger partial charge in [0.2, 0.25) is 0 Å². The summed E-state index contributed by atoms with van der Waals surface area (Å²) >= 11 is 2.24. The highest BCUT2D eigenvalue weighted by atomic mass is 127. The highest BCUT2D eigenvalue weighted by Crippen LogP contribution is 2.28. The van der Waals surface area contributed by atoms with Gasteiger partial charge in [-0.1, -0.05) is 18.2 Å². The number of methoxy groups -OCH3 is 1. The van der Waals surface area contributed by atoms with Crippen LogP contribution < -0.4 is 10.1 Å². The van der Waals surface area contributed by atoms with E-state index in [4.69, 9.17) is 4.74 Å². The molecule has 0 spiro atoms. The highest BCUT2D eigenvalue weighted by Gasteiger charge is 2.14. The summed E-state index contributed by atoms with van der Waals surface area (Å²) in [5.74, 6) is 0.271. The van der Waals surface area contributed by atoms with Crippen LogP contribution in [0.1, 0.15) is 5.56 Å². The van der Waals surface area contributed by atoms with E-state index in [0.717, 1.165) is 14.8 Å². The quantitative estimate of drug-likeness (QED) is 0.484. The van der Waals surface area contributed by atoms with Crippen LogP contribution in [0, 0.1) is 13.7 Å². The summed E-state index contributed by atoms with van der Waals surface area (Å²) in [5, 5.41) is 14.2. The first-order valence-corrected chi connectivity index (χ1v) is 6.99. The van der Waals surface area contributed by atoms with Crippen molar-refractivity contribution >= 4 is 34.0 Å². The number of nitro groups is 1. The maximum atomic E-state index is 11.0. The van der Waals surface area contributed by atoms with E-state index < -0.39 is 4.92 Å². The van der Waals surface area contributed by atoms with Gasteiger partial charge >= 0.3 is 5.69 Å². The van der Waals surface area contributed by atoms with Gasteiger partial charge in [-0.3, -0.25) is 10.1 Å². The van der Waals surface area contributed by atoms with Crippen LogP contribution >= 0.6 is 22.6 Å². The predicted molar refractivity (Wildman–Crippen MR) is 86.1 cm³/mol. The number of hydrogen-bond acceptors (Lipinski definition) is 4. The molecule has 0 saturated carbocycles. The van der Waals surface area contributed by atoms with Crippen molar-refractivity contribution in [3.05, 3.63) is 61.7 Å². The van der Waals surface area contributed by atoms with Gasteiger partial charge in [0.1, 0.15) is 0 Å². The molecule has 6 heteroatoms. The lowest BCUT2D eigenvalue weighted by atomic mass is 10.2. The van der Waals surface area contributed by atoms with Crippen molar-refractivity contribution in [3.63, 3.8) is 0 Å². The molecule has 0 aliphatic carbocycles. The van der Waals surface area contributed by atoms with E-state index >= 15 is 0 Å². The normalized spacial score (nSPS) is 10.1. The van der Waals surface area contributed by atoms with Crippen LogP contribution in [0.4, 0.5) is 11.4 Å². The Hall–Kier alpha value is -1.83. The molecule has 0 heterocycles. The van der Waals surface area contributed by atoms with Gasteiger partial charge in [-0.15, -0.1) is 0 Å². The molecule has 0 fully saturated rings. The molecule has 2 rings (SSSR count). The zero-order valence-corrected chi connectivity index (χ0v) is 13.0. The second kappa shape index (κ2) is 6.56. The number of halogens is 1. The molecule has 0 radical (unpaired) electrons. The minimum Gasteiger partial charge on any atom is -0.490 e. The molecule has 0 aromatic heterocycles. The van der Waals surface area contributed by atoms with E-state index in [1.54, 1.807) is 6.07 Å². The third-order valence-electron chi connectivity index (χ3n) is 2.80. The Morgan fingerprint density at radius 2 is 2.05 bits per heavy atom. The Labute approximate surface area is 130 Å². The van der Waals surface area contributed by atoms with Crippen molar-refractivity contribution in [1.82, 2.24) is 0 Å². The van der Waals surface area contributed by atoms with E-state index in [1.165, 1.54) is 13.2 Å². The zero-order valence-electron chi connectivity index (χ0n) is 10.8. The first-order valence-electron chi connectivity index (χ1n) is 5.91. The summed E-state index contributed by atoms with van der Waals surface area (Å²) in [6.07, 6.45) is 0. The fraction of sp³-hybridized carbons (Fsp3) is 0.143. The lowest BCUT2D eigenvalue weighted by Gasteiger charge is -2.09. The molecule has 0 saturated heterocycles. The van der Waals surface area contributed by atoms with Crippen LogP contribution in [0.25, 0.3) is 0 Å². The smallest absolute Gasteiger partial charge is 0.311 e. The molecule has 0 atom stereocenters. The number of ether oxygens (including phenoxy) is 1. The monoisotopic (exact) mass is 384 g/mol. The number of nitrogens with zero attached hydrogens (tertiary/aromatic N) is 1. The maximum Gasteiger partial charge on any atom is 0.311 e. The molecule has 0 bridgehead atoms. The molecule has 5 nitrogen and oxygen atoms in total. The summed E-state index contributed by atoms with van der Waals surface area (Å²) in [5.41, 5.74) is 1.82. The number of nitrogens with one attached hydrogen (secondary N) is 1. The van der Waals surface area contributed by atoms with E-state index in [9.17, 15) is 10.1 Å². The number of anilines is 1. The largest absolute Gasteiger partial charge is 0.490 e. The molecular weight excluding hydrogens is 371 g/mol. The van der Waals surface area contributed by atoms with E-state index in [-0.39, 0.29) is 11.4 Å². The summed E-state index contributed by atoms with van der Waals surface area (Å²) in [6.45, 7) is 0.519. The Balaban J connectivity index is 2.16. The average Bonchev–Trinajstić information content (AvgIpc) is 2.46. The molecule has 0 amide bonds. The topological polar surface area (TPSA) is 64.4 Å². The van der Waals surface area contributed by atoms with Crippen molar-refractivity contribution in [2.45, 2.75) is 6.54 Å². The van der Waals surface area contributed by atoms with Crippen LogP contribution in [0.2, 0.25) is 0 Å². The maximum absolute atomic E-state index is 11.0. The summed E-state index contributed by atoms with van der Waals surface area (Å²) in [6, 6.07) is 12.8. The standard InChI is InChI=1S/C14H13IN2O3/c1-20-14-7-6-10(8-13(14)17(18)19)9-16-12-5-3-2-4-11(12)15/h2-8,16H,9H2,1H3. The molecule has 20 heavy (non-hydrogen) atoms. The third kappa shape index (κ3) is 3.38. The Bertz CT molecular complexity index is 632. The molecule has 2 aromatic rings. The first-order chi connectivity index (χ1) is 9.61. The van der Waals surface area contributed by atoms with Crippen molar-refractivity contribution in [2.75, 3.05) is 12.4 Å². The van der Waals surface area contributed by atoms with E-state index in [0.29, 0.717) is 6.54 Å². The van der Waals surface area contributed by atoms with Gasteiger partial charge < -0.3 is 10.1 Å². The minimum atomic E-state index is -0.436. The van der Waals surface area contributed by atoms with E-state index in [2.05, 4.69) is 27.9 Å². The molecular formula is C14H13IN2O3.